The molecule has 0 radical (unpaired) electrons. The largest absolute Gasteiger partial charge is 0.316 e. The number of nitrogens with zero attached hydrogens (tertiary/aromatic N) is 1. The first-order valence-corrected chi connectivity index (χ1v) is 6.10. The zero-order chi connectivity index (χ0) is 9.68. The van der Waals surface area contributed by atoms with Gasteiger partial charge in [-0.15, -0.1) is 0 Å². The molecule has 13 heavy (non-hydrogen) atoms. The maximum Gasteiger partial charge on any atom is 0.0195 e. The lowest BCUT2D eigenvalue weighted by atomic mass is 9.95. The van der Waals surface area contributed by atoms with Crippen LogP contribution in [0.4, 0.5) is 0 Å². The molecule has 0 saturated carbocycles. The highest BCUT2D eigenvalue weighted by Crippen LogP contribution is 2.15. The van der Waals surface area contributed by atoms with E-state index < -0.39 is 0 Å². The van der Waals surface area contributed by atoms with E-state index in [4.69, 9.17) is 0 Å². The number of piperidine rings is 1. The average molecular weight is 203 g/mol. The van der Waals surface area contributed by atoms with E-state index in [1.54, 1.807) is 11.9 Å². The molecule has 1 rings (SSSR count). The van der Waals surface area contributed by atoms with Crippen LogP contribution < -0.4 is 10.0 Å². The van der Waals surface area contributed by atoms with Gasteiger partial charge in [-0.1, -0.05) is 11.9 Å². The van der Waals surface area contributed by atoms with E-state index >= 15 is 0 Å². The van der Waals surface area contributed by atoms with Crippen LogP contribution in [0.5, 0.6) is 0 Å². The van der Waals surface area contributed by atoms with Crippen LogP contribution in [0.15, 0.2) is 0 Å². The number of hydrogen-bond donors (Lipinski definition) is 2. The average Bonchev–Trinajstić information content (AvgIpc) is 2.14. The van der Waals surface area contributed by atoms with Crippen LogP contribution in [0.25, 0.3) is 0 Å². The number of hydrogen-bond acceptors (Lipinski definition) is 4. The molecule has 0 aromatic rings. The van der Waals surface area contributed by atoms with Crippen molar-refractivity contribution in [2.24, 2.45) is 5.92 Å². The molecule has 1 heterocycles. The van der Waals surface area contributed by atoms with Crippen molar-refractivity contribution >= 4 is 11.9 Å². The Bertz CT molecular complexity index is 143. The molecular formula is C9H21N3S. The van der Waals surface area contributed by atoms with Gasteiger partial charge in [0.2, 0.25) is 0 Å². The second kappa shape index (κ2) is 5.86. The van der Waals surface area contributed by atoms with Crippen LogP contribution in [0, 0.1) is 5.92 Å². The van der Waals surface area contributed by atoms with Crippen molar-refractivity contribution in [3.8, 4) is 0 Å². The minimum atomic E-state index is 0.674. The maximum absolute atomic E-state index is 3.36. The lowest BCUT2D eigenvalue weighted by Crippen LogP contribution is -2.48. The summed E-state index contributed by atoms with van der Waals surface area (Å²) in [5, 5.41) is 3.36. The summed E-state index contributed by atoms with van der Waals surface area (Å²) in [6.07, 6.45) is 3.39. The Labute approximate surface area is 85.8 Å². The molecule has 0 amide bonds. The molecule has 1 aliphatic heterocycles. The molecule has 4 heteroatoms. The van der Waals surface area contributed by atoms with Gasteiger partial charge < -0.3 is 10.2 Å². The van der Waals surface area contributed by atoms with Gasteiger partial charge in [-0.2, -0.15) is 0 Å². The van der Waals surface area contributed by atoms with Gasteiger partial charge in [-0.25, -0.2) is 0 Å². The number of likely N-dealkylation sites (tertiary alicyclic amines) is 1. The Balaban J connectivity index is 2.29. The normalized spacial score (nSPS) is 30.7. The highest BCUT2D eigenvalue weighted by Gasteiger charge is 2.23. The van der Waals surface area contributed by atoms with E-state index in [0.717, 1.165) is 12.5 Å². The number of rotatable bonds is 4. The van der Waals surface area contributed by atoms with Crippen molar-refractivity contribution in [3.63, 3.8) is 0 Å². The maximum atomic E-state index is 3.36. The van der Waals surface area contributed by atoms with E-state index in [0.29, 0.717) is 6.04 Å². The van der Waals surface area contributed by atoms with E-state index in [1.807, 2.05) is 0 Å². The van der Waals surface area contributed by atoms with Gasteiger partial charge in [0.05, 0.1) is 0 Å². The predicted octanol–water partition coefficient (Wildman–Crippen LogP) is 0.394. The van der Waals surface area contributed by atoms with Crippen molar-refractivity contribution in [2.75, 3.05) is 40.0 Å². The first-order valence-electron chi connectivity index (χ1n) is 4.88. The zero-order valence-corrected chi connectivity index (χ0v) is 9.66. The molecule has 2 N–H and O–H groups in total. The summed E-state index contributed by atoms with van der Waals surface area (Å²) >= 11 is 1.72. The molecule has 0 spiro atoms. The van der Waals surface area contributed by atoms with Crippen LogP contribution in [0.2, 0.25) is 0 Å². The lowest BCUT2D eigenvalue weighted by molar-refractivity contribution is 0.176. The molecule has 2 unspecified atom stereocenters. The Morgan fingerprint density at radius 1 is 1.46 bits per heavy atom. The summed E-state index contributed by atoms with van der Waals surface area (Å²) in [5.41, 5.74) is 0. The zero-order valence-electron chi connectivity index (χ0n) is 8.84. The minimum absolute atomic E-state index is 0.674. The highest BCUT2D eigenvalue weighted by molar-refractivity contribution is 7.96. The first kappa shape index (κ1) is 11.3. The third-order valence-electron chi connectivity index (χ3n) is 2.64. The fourth-order valence-corrected chi connectivity index (χ4v) is 2.40. The fourth-order valence-electron chi connectivity index (χ4n) is 2.00. The summed E-state index contributed by atoms with van der Waals surface area (Å²) in [6.45, 7) is 3.54. The monoisotopic (exact) mass is 203 g/mol. The molecular weight excluding hydrogens is 182 g/mol. The van der Waals surface area contributed by atoms with Gasteiger partial charge in [-0.05, 0) is 32.7 Å². The summed E-state index contributed by atoms with van der Waals surface area (Å²) in [5.74, 6) is 0.795. The van der Waals surface area contributed by atoms with Crippen molar-refractivity contribution in [1.82, 2.24) is 14.9 Å². The molecule has 1 fully saturated rings. The van der Waals surface area contributed by atoms with E-state index in [1.165, 1.54) is 19.5 Å². The van der Waals surface area contributed by atoms with Crippen molar-refractivity contribution < 1.29 is 0 Å². The lowest BCUT2D eigenvalue weighted by Gasteiger charge is -2.35. The molecule has 0 bridgehead atoms. The smallest absolute Gasteiger partial charge is 0.0195 e. The molecule has 0 aromatic carbocycles. The van der Waals surface area contributed by atoms with Crippen molar-refractivity contribution in [3.05, 3.63) is 0 Å². The Morgan fingerprint density at radius 3 is 2.85 bits per heavy atom. The van der Waals surface area contributed by atoms with Crippen LogP contribution in [0.3, 0.4) is 0 Å². The molecule has 78 valence electrons. The third-order valence-corrected chi connectivity index (χ3v) is 3.10. The van der Waals surface area contributed by atoms with Gasteiger partial charge in [0.15, 0.2) is 0 Å². The van der Waals surface area contributed by atoms with Gasteiger partial charge >= 0.3 is 0 Å². The van der Waals surface area contributed by atoms with Crippen molar-refractivity contribution in [2.45, 2.75) is 12.5 Å². The summed E-state index contributed by atoms with van der Waals surface area (Å²) in [6, 6.07) is 0.674. The quantitative estimate of drug-likeness (QED) is 0.647. The Kier molecular flexibility index (Phi) is 5.09. The summed E-state index contributed by atoms with van der Waals surface area (Å²) in [4.78, 5) is 2.41. The van der Waals surface area contributed by atoms with Gasteiger partial charge in [0.25, 0.3) is 0 Å². The van der Waals surface area contributed by atoms with E-state index in [-0.39, 0.29) is 0 Å². The second-order valence-electron chi connectivity index (χ2n) is 3.86. The summed E-state index contributed by atoms with van der Waals surface area (Å²) in [7, 11) is 4.26. The van der Waals surface area contributed by atoms with Crippen LogP contribution in [-0.4, -0.2) is 50.9 Å². The van der Waals surface area contributed by atoms with Gasteiger partial charge in [-0.3, -0.25) is 4.72 Å². The highest BCUT2D eigenvalue weighted by atomic mass is 32.2. The topological polar surface area (TPSA) is 27.3 Å². The van der Waals surface area contributed by atoms with Gasteiger partial charge in [0, 0.05) is 25.7 Å². The number of likely N-dealkylation sites (N-methyl/N-ethyl adjacent to an activating group) is 2. The SMILES string of the molecule is CNC1CC(CNSC)CN(C)C1. The van der Waals surface area contributed by atoms with Crippen LogP contribution in [0.1, 0.15) is 6.42 Å². The molecule has 0 aliphatic carbocycles. The van der Waals surface area contributed by atoms with E-state index in [2.05, 4.69) is 35.3 Å². The molecule has 0 aromatic heterocycles. The summed E-state index contributed by atoms with van der Waals surface area (Å²) < 4.78 is 3.35. The molecule has 3 nitrogen and oxygen atoms in total. The standard InChI is InChI=1S/C9H21N3S/c1-10-9-4-8(5-11-13-3)6-12(2)7-9/h8-11H,4-7H2,1-3H3. The van der Waals surface area contributed by atoms with Crippen LogP contribution in [-0.2, 0) is 0 Å². The fraction of sp³-hybridized carbons (Fsp3) is 1.00. The number of nitrogens with one attached hydrogen (secondary N) is 2. The second-order valence-corrected chi connectivity index (χ2v) is 4.56. The predicted molar refractivity (Wildman–Crippen MR) is 60.0 cm³/mol. The molecule has 1 aliphatic rings. The minimum Gasteiger partial charge on any atom is -0.316 e. The third kappa shape index (κ3) is 3.85. The van der Waals surface area contributed by atoms with Gasteiger partial charge in [0.1, 0.15) is 0 Å². The Morgan fingerprint density at radius 2 is 2.23 bits per heavy atom. The Hall–Kier alpha value is 0.230. The first-order chi connectivity index (χ1) is 6.26. The molecule has 2 atom stereocenters. The molecule has 1 saturated heterocycles. The van der Waals surface area contributed by atoms with Crippen molar-refractivity contribution in [1.29, 1.82) is 0 Å². The van der Waals surface area contributed by atoms with Crippen LogP contribution >= 0.6 is 11.9 Å². The van der Waals surface area contributed by atoms with E-state index in [9.17, 15) is 0 Å².